The molecular formula is C19H23N5O2. The third kappa shape index (κ3) is 4.00. The summed E-state index contributed by atoms with van der Waals surface area (Å²) in [5.41, 5.74) is 3.30. The van der Waals surface area contributed by atoms with Gasteiger partial charge in [0.05, 0.1) is 11.1 Å². The molecule has 7 heteroatoms. The first-order valence-electron chi connectivity index (χ1n) is 8.54. The molecule has 0 saturated carbocycles. The summed E-state index contributed by atoms with van der Waals surface area (Å²) in [4.78, 5) is 18.8. The van der Waals surface area contributed by atoms with E-state index in [0.29, 0.717) is 17.9 Å². The van der Waals surface area contributed by atoms with Crippen LogP contribution in [0.5, 0.6) is 5.75 Å². The zero-order valence-corrected chi connectivity index (χ0v) is 15.2. The molecule has 3 rings (SSSR count). The molecule has 0 aliphatic heterocycles. The number of aromatic nitrogens is 3. The van der Waals surface area contributed by atoms with E-state index >= 15 is 0 Å². The van der Waals surface area contributed by atoms with E-state index in [1.165, 1.54) is 0 Å². The first-order valence-corrected chi connectivity index (χ1v) is 8.54. The maximum Gasteiger partial charge on any atom is 0.225 e. The van der Waals surface area contributed by atoms with Gasteiger partial charge in [-0.1, -0.05) is 0 Å². The van der Waals surface area contributed by atoms with Crippen LogP contribution in [0.1, 0.15) is 18.4 Å². The maximum atomic E-state index is 12.1. The molecule has 0 aliphatic carbocycles. The van der Waals surface area contributed by atoms with Crippen molar-refractivity contribution in [3.63, 3.8) is 0 Å². The van der Waals surface area contributed by atoms with Gasteiger partial charge >= 0.3 is 0 Å². The fourth-order valence-electron chi connectivity index (χ4n) is 2.81. The molecule has 0 radical (unpaired) electrons. The Bertz CT molecular complexity index is 916. The molecule has 0 fully saturated rings. The number of phenolic OH excluding ortho intramolecular Hbond substituents is 1. The van der Waals surface area contributed by atoms with Crippen molar-refractivity contribution in [3.8, 4) is 17.0 Å². The number of aromatic hydroxyl groups is 1. The van der Waals surface area contributed by atoms with Crippen LogP contribution in [0.2, 0.25) is 0 Å². The maximum absolute atomic E-state index is 12.1. The monoisotopic (exact) mass is 353 g/mol. The third-order valence-electron chi connectivity index (χ3n) is 4.15. The van der Waals surface area contributed by atoms with Crippen LogP contribution in [-0.4, -0.2) is 51.7 Å². The lowest BCUT2D eigenvalue weighted by molar-refractivity contribution is -0.116. The van der Waals surface area contributed by atoms with E-state index in [0.717, 1.165) is 35.2 Å². The van der Waals surface area contributed by atoms with Crippen molar-refractivity contribution >= 4 is 22.8 Å². The lowest BCUT2D eigenvalue weighted by Gasteiger charge is -2.09. The number of benzene rings is 1. The van der Waals surface area contributed by atoms with Crippen molar-refractivity contribution in [3.05, 3.63) is 35.9 Å². The SMILES string of the molecule is Cc1cc2c(NC(=O)CCCN(C)C)n[nH]c2nc1-c1ccc(O)cc1. The number of nitrogens with zero attached hydrogens (tertiary/aromatic N) is 3. The Morgan fingerprint density at radius 3 is 2.69 bits per heavy atom. The van der Waals surface area contributed by atoms with Gasteiger partial charge < -0.3 is 15.3 Å². The smallest absolute Gasteiger partial charge is 0.225 e. The molecule has 3 N–H and O–H groups in total. The number of anilines is 1. The summed E-state index contributed by atoms with van der Waals surface area (Å²) >= 11 is 0. The first kappa shape index (κ1) is 17.9. The van der Waals surface area contributed by atoms with Gasteiger partial charge in [-0.3, -0.25) is 9.89 Å². The van der Waals surface area contributed by atoms with Crippen molar-refractivity contribution in [2.45, 2.75) is 19.8 Å². The van der Waals surface area contributed by atoms with Gasteiger partial charge in [0, 0.05) is 12.0 Å². The van der Waals surface area contributed by atoms with E-state index in [2.05, 4.69) is 25.4 Å². The van der Waals surface area contributed by atoms with Crippen LogP contribution >= 0.6 is 0 Å². The second-order valence-electron chi connectivity index (χ2n) is 6.62. The number of carbonyl (C=O) groups excluding carboxylic acids is 1. The van der Waals surface area contributed by atoms with Crippen LogP contribution in [0.4, 0.5) is 5.82 Å². The second kappa shape index (κ2) is 7.53. The number of aryl methyl sites for hydroxylation is 1. The zero-order valence-electron chi connectivity index (χ0n) is 15.2. The molecule has 0 unspecified atom stereocenters. The van der Waals surface area contributed by atoms with E-state index in [9.17, 15) is 9.90 Å². The summed E-state index contributed by atoms with van der Waals surface area (Å²) in [7, 11) is 3.97. The van der Waals surface area contributed by atoms with Crippen LogP contribution < -0.4 is 5.32 Å². The number of phenols is 1. The molecule has 0 spiro atoms. The Balaban J connectivity index is 1.81. The minimum Gasteiger partial charge on any atom is -0.508 e. The topological polar surface area (TPSA) is 94.1 Å². The predicted molar refractivity (Wildman–Crippen MR) is 102 cm³/mol. The molecule has 3 aromatic rings. The third-order valence-corrected chi connectivity index (χ3v) is 4.15. The number of pyridine rings is 1. The lowest BCUT2D eigenvalue weighted by atomic mass is 10.1. The molecule has 0 bridgehead atoms. The highest BCUT2D eigenvalue weighted by atomic mass is 16.3. The standard InChI is InChI=1S/C19H23N5O2/c1-12-11-15-18(20-16(26)5-4-10-24(2)3)22-23-19(15)21-17(12)13-6-8-14(25)9-7-13/h6-9,11,25H,4-5,10H2,1-3H3,(H2,20,21,22,23,26). The summed E-state index contributed by atoms with van der Waals surface area (Å²) < 4.78 is 0. The minimum absolute atomic E-state index is 0.0551. The zero-order chi connectivity index (χ0) is 18.7. The lowest BCUT2D eigenvalue weighted by Crippen LogP contribution is -2.17. The van der Waals surface area contributed by atoms with Crippen LogP contribution in [0.3, 0.4) is 0 Å². The van der Waals surface area contributed by atoms with Crippen molar-refractivity contribution < 1.29 is 9.90 Å². The van der Waals surface area contributed by atoms with Gasteiger partial charge in [-0.05, 0) is 69.9 Å². The first-order chi connectivity index (χ1) is 12.4. The van der Waals surface area contributed by atoms with E-state index in [1.54, 1.807) is 12.1 Å². The van der Waals surface area contributed by atoms with Gasteiger partial charge in [0.15, 0.2) is 11.5 Å². The number of rotatable bonds is 6. The number of nitrogens with one attached hydrogen (secondary N) is 2. The molecule has 2 heterocycles. The van der Waals surface area contributed by atoms with Gasteiger partial charge in [-0.15, -0.1) is 0 Å². The summed E-state index contributed by atoms with van der Waals surface area (Å²) in [5, 5.41) is 20.2. The van der Waals surface area contributed by atoms with Gasteiger partial charge in [0.1, 0.15) is 5.75 Å². The van der Waals surface area contributed by atoms with E-state index in [4.69, 9.17) is 0 Å². The highest BCUT2D eigenvalue weighted by Gasteiger charge is 2.14. The summed E-state index contributed by atoms with van der Waals surface area (Å²) in [6, 6.07) is 8.87. The molecule has 136 valence electrons. The number of fused-ring (bicyclic) bond motifs is 1. The molecule has 1 aromatic carbocycles. The summed E-state index contributed by atoms with van der Waals surface area (Å²) in [6.07, 6.45) is 1.24. The average molecular weight is 353 g/mol. The number of amides is 1. The second-order valence-corrected chi connectivity index (χ2v) is 6.62. The van der Waals surface area contributed by atoms with Crippen LogP contribution in [0.15, 0.2) is 30.3 Å². The molecule has 0 aliphatic rings. The molecular weight excluding hydrogens is 330 g/mol. The fraction of sp³-hybridized carbons (Fsp3) is 0.316. The minimum atomic E-state index is -0.0551. The number of hydrogen-bond acceptors (Lipinski definition) is 5. The van der Waals surface area contributed by atoms with Gasteiger partial charge in [0.2, 0.25) is 5.91 Å². The Morgan fingerprint density at radius 2 is 2.00 bits per heavy atom. The Morgan fingerprint density at radius 1 is 1.27 bits per heavy atom. The van der Waals surface area contributed by atoms with E-state index < -0.39 is 0 Å². The summed E-state index contributed by atoms with van der Waals surface area (Å²) in [6.45, 7) is 2.83. The Hall–Kier alpha value is -2.93. The molecule has 0 saturated heterocycles. The number of aromatic amines is 1. The van der Waals surface area contributed by atoms with Gasteiger partial charge in [0.25, 0.3) is 0 Å². The van der Waals surface area contributed by atoms with Crippen LogP contribution in [-0.2, 0) is 4.79 Å². The predicted octanol–water partition coefficient (Wildman–Crippen LogP) is 2.92. The van der Waals surface area contributed by atoms with Gasteiger partial charge in [-0.25, -0.2) is 4.98 Å². The highest BCUT2D eigenvalue weighted by Crippen LogP contribution is 2.28. The number of hydrogen-bond donors (Lipinski definition) is 3. The van der Waals surface area contributed by atoms with E-state index in [1.807, 2.05) is 39.2 Å². The highest BCUT2D eigenvalue weighted by molar-refractivity contribution is 5.99. The molecule has 26 heavy (non-hydrogen) atoms. The van der Waals surface area contributed by atoms with Crippen molar-refractivity contribution in [1.29, 1.82) is 0 Å². The van der Waals surface area contributed by atoms with E-state index in [-0.39, 0.29) is 11.7 Å². The Kier molecular flexibility index (Phi) is 5.18. The molecule has 7 nitrogen and oxygen atoms in total. The number of carbonyl (C=O) groups is 1. The van der Waals surface area contributed by atoms with Crippen LogP contribution in [0.25, 0.3) is 22.3 Å². The molecule has 1 amide bonds. The largest absolute Gasteiger partial charge is 0.508 e. The van der Waals surface area contributed by atoms with Crippen molar-refractivity contribution in [1.82, 2.24) is 20.1 Å². The normalized spacial score (nSPS) is 11.2. The summed E-state index contributed by atoms with van der Waals surface area (Å²) in [5.74, 6) is 0.663. The molecule has 0 atom stereocenters. The molecule has 2 aromatic heterocycles. The van der Waals surface area contributed by atoms with Crippen molar-refractivity contribution in [2.75, 3.05) is 26.0 Å². The Labute approximate surface area is 152 Å². The van der Waals surface area contributed by atoms with Gasteiger partial charge in [-0.2, -0.15) is 5.10 Å². The quantitative estimate of drug-likeness (QED) is 0.633. The number of H-pyrrole nitrogens is 1. The van der Waals surface area contributed by atoms with Crippen LogP contribution in [0, 0.1) is 6.92 Å². The average Bonchev–Trinajstić information content (AvgIpc) is 2.96. The fourth-order valence-corrected chi connectivity index (χ4v) is 2.81. The van der Waals surface area contributed by atoms with Crippen molar-refractivity contribution in [2.24, 2.45) is 0 Å².